The zero-order valence-electron chi connectivity index (χ0n) is 16.8. The average molecular weight is 397 g/mol. The Kier molecular flexibility index (Phi) is 5.62. The van der Waals surface area contributed by atoms with Crippen LogP contribution >= 0.6 is 11.9 Å². The maximum Gasteiger partial charge on any atom is 0.128 e. The van der Waals surface area contributed by atoms with Crippen molar-refractivity contribution in [3.8, 4) is 0 Å². The quantitative estimate of drug-likeness (QED) is 0.770. The predicted molar refractivity (Wildman–Crippen MR) is 118 cm³/mol. The maximum absolute atomic E-state index is 5.43. The molecule has 0 aliphatic carbocycles. The zero-order valence-corrected chi connectivity index (χ0v) is 17.6. The van der Waals surface area contributed by atoms with Crippen LogP contribution in [0.2, 0.25) is 0 Å². The summed E-state index contributed by atoms with van der Waals surface area (Å²) in [5.74, 6) is 1.02. The zero-order chi connectivity index (χ0) is 19.6. The number of aromatic nitrogens is 1. The van der Waals surface area contributed by atoms with Crippen LogP contribution in [0.25, 0.3) is 4.91 Å². The third kappa shape index (κ3) is 4.35. The van der Waals surface area contributed by atoms with Crippen LogP contribution in [0, 0.1) is 0 Å². The molecule has 4 rings (SSSR count). The van der Waals surface area contributed by atoms with Gasteiger partial charge in [-0.05, 0) is 50.4 Å². The highest BCUT2D eigenvalue weighted by molar-refractivity contribution is 8.06. The van der Waals surface area contributed by atoms with Crippen molar-refractivity contribution in [2.45, 2.75) is 26.3 Å². The first-order chi connectivity index (χ1) is 13.5. The van der Waals surface area contributed by atoms with E-state index in [9.17, 15) is 0 Å². The van der Waals surface area contributed by atoms with E-state index in [0.717, 1.165) is 44.4 Å². The molecule has 3 heterocycles. The van der Waals surface area contributed by atoms with Gasteiger partial charge in [-0.15, -0.1) is 0 Å². The molecule has 1 saturated heterocycles. The second-order valence-corrected chi connectivity index (χ2v) is 9.13. The van der Waals surface area contributed by atoms with Gasteiger partial charge < -0.3 is 15.0 Å². The van der Waals surface area contributed by atoms with E-state index in [1.165, 1.54) is 16.2 Å². The predicted octanol–water partition coefficient (Wildman–Crippen LogP) is 4.46. The lowest BCUT2D eigenvalue weighted by molar-refractivity contribution is 0.122. The molecule has 0 amide bonds. The Bertz CT molecular complexity index is 824. The number of nitrogens with one attached hydrogen (secondary N) is 1. The summed E-state index contributed by atoms with van der Waals surface area (Å²) in [5.41, 5.74) is 3.59. The number of rotatable bonds is 4. The smallest absolute Gasteiger partial charge is 0.128 e. The fourth-order valence-corrected chi connectivity index (χ4v) is 4.47. The van der Waals surface area contributed by atoms with E-state index in [1.54, 1.807) is 0 Å². The third-order valence-electron chi connectivity index (χ3n) is 4.94. The van der Waals surface area contributed by atoms with Crippen LogP contribution in [0.5, 0.6) is 0 Å². The number of morpholine rings is 1. The van der Waals surface area contributed by atoms with Crippen LogP contribution in [0.3, 0.4) is 0 Å². The van der Waals surface area contributed by atoms with Crippen molar-refractivity contribution >= 4 is 28.4 Å². The standard InChI is InChI=1S/C22H28N4OS/c1-22(2,3)26-16-19(21(28-26)17-7-5-4-6-8-17)24-18-9-10-20(23-15-18)25-11-13-27-14-12-25/h4-10,15,24H,11-14,16H2,1-3H3. The molecule has 1 aromatic carbocycles. The molecule has 1 fully saturated rings. The molecule has 0 radical (unpaired) electrons. The van der Waals surface area contributed by atoms with Crippen LogP contribution in [-0.4, -0.2) is 47.7 Å². The van der Waals surface area contributed by atoms with E-state index in [1.807, 2.05) is 18.1 Å². The average Bonchev–Trinajstić information content (AvgIpc) is 3.14. The largest absolute Gasteiger partial charge is 0.378 e. The van der Waals surface area contributed by atoms with E-state index < -0.39 is 0 Å². The molecule has 28 heavy (non-hydrogen) atoms. The number of hydrogen-bond donors (Lipinski definition) is 1. The SMILES string of the molecule is CC(C)(C)N1CC(Nc2ccc(N3CCOCC3)nc2)=C(c2ccccc2)S1. The molecule has 0 bridgehead atoms. The van der Waals surface area contributed by atoms with Crippen LogP contribution in [0.1, 0.15) is 26.3 Å². The van der Waals surface area contributed by atoms with Gasteiger partial charge in [-0.25, -0.2) is 9.29 Å². The van der Waals surface area contributed by atoms with Gasteiger partial charge in [0.1, 0.15) is 5.82 Å². The summed E-state index contributed by atoms with van der Waals surface area (Å²) >= 11 is 1.83. The summed E-state index contributed by atoms with van der Waals surface area (Å²) in [6.45, 7) is 11.0. The topological polar surface area (TPSA) is 40.6 Å². The molecule has 148 valence electrons. The Balaban J connectivity index is 1.55. The Morgan fingerprint density at radius 1 is 1.04 bits per heavy atom. The second-order valence-electron chi connectivity index (χ2n) is 8.10. The first-order valence-corrected chi connectivity index (χ1v) is 10.6. The van der Waals surface area contributed by atoms with Crippen molar-refractivity contribution in [2.24, 2.45) is 0 Å². The minimum atomic E-state index is 0.0898. The number of nitrogens with zero attached hydrogens (tertiary/aromatic N) is 3. The van der Waals surface area contributed by atoms with Crippen LogP contribution in [-0.2, 0) is 4.74 Å². The Labute approximate surface area is 171 Å². The van der Waals surface area contributed by atoms with Gasteiger partial charge >= 0.3 is 0 Å². The summed E-state index contributed by atoms with van der Waals surface area (Å²) in [7, 11) is 0. The second kappa shape index (κ2) is 8.15. The van der Waals surface area contributed by atoms with Gasteiger partial charge in [-0.1, -0.05) is 30.3 Å². The highest BCUT2D eigenvalue weighted by atomic mass is 32.2. The number of ether oxygens (including phenoxy) is 1. The van der Waals surface area contributed by atoms with Gasteiger partial charge in [0.25, 0.3) is 0 Å². The van der Waals surface area contributed by atoms with E-state index in [4.69, 9.17) is 4.74 Å². The number of benzene rings is 1. The number of hydrogen-bond acceptors (Lipinski definition) is 6. The first kappa shape index (κ1) is 19.3. The van der Waals surface area contributed by atoms with Crippen LogP contribution in [0.4, 0.5) is 11.5 Å². The summed E-state index contributed by atoms with van der Waals surface area (Å²) in [5, 5.41) is 3.63. The molecule has 0 atom stereocenters. The molecule has 5 nitrogen and oxygen atoms in total. The third-order valence-corrected chi connectivity index (χ3v) is 6.50. The molecule has 6 heteroatoms. The lowest BCUT2D eigenvalue weighted by atomic mass is 10.1. The summed E-state index contributed by atoms with van der Waals surface area (Å²) < 4.78 is 7.85. The van der Waals surface area contributed by atoms with E-state index in [-0.39, 0.29) is 5.54 Å². The molecular formula is C22H28N4OS. The molecule has 2 aliphatic rings. The fourth-order valence-electron chi connectivity index (χ4n) is 3.31. The molecule has 1 N–H and O–H groups in total. The highest BCUT2D eigenvalue weighted by Crippen LogP contribution is 2.43. The summed E-state index contributed by atoms with van der Waals surface area (Å²) in [6, 6.07) is 14.8. The normalized spacial score (nSPS) is 18.6. The van der Waals surface area contributed by atoms with Crippen LogP contribution in [0.15, 0.2) is 54.4 Å². The highest BCUT2D eigenvalue weighted by Gasteiger charge is 2.32. The molecule has 2 aromatic rings. The van der Waals surface area contributed by atoms with Crippen molar-refractivity contribution in [3.05, 3.63) is 59.9 Å². The number of anilines is 2. The lowest BCUT2D eigenvalue weighted by Crippen LogP contribution is -2.36. The Hall–Kier alpha value is -2.02. The van der Waals surface area contributed by atoms with E-state index in [2.05, 4.69) is 82.7 Å². The Morgan fingerprint density at radius 3 is 2.43 bits per heavy atom. The molecule has 0 spiro atoms. The molecule has 2 aliphatic heterocycles. The minimum Gasteiger partial charge on any atom is -0.378 e. The van der Waals surface area contributed by atoms with Gasteiger partial charge in [0.2, 0.25) is 0 Å². The summed E-state index contributed by atoms with van der Waals surface area (Å²) in [6.07, 6.45) is 1.94. The number of pyridine rings is 1. The van der Waals surface area contributed by atoms with Crippen molar-refractivity contribution in [3.63, 3.8) is 0 Å². The molecule has 0 saturated carbocycles. The lowest BCUT2D eigenvalue weighted by Gasteiger charge is -2.30. The molecule has 1 aromatic heterocycles. The molecular weight excluding hydrogens is 368 g/mol. The van der Waals surface area contributed by atoms with Gasteiger partial charge in [0, 0.05) is 24.3 Å². The maximum atomic E-state index is 5.43. The van der Waals surface area contributed by atoms with Gasteiger partial charge in [0.05, 0.1) is 36.5 Å². The van der Waals surface area contributed by atoms with Crippen LogP contribution < -0.4 is 10.2 Å². The monoisotopic (exact) mass is 396 g/mol. The van der Waals surface area contributed by atoms with Gasteiger partial charge in [-0.2, -0.15) is 0 Å². The van der Waals surface area contributed by atoms with E-state index in [0.29, 0.717) is 0 Å². The first-order valence-electron chi connectivity index (χ1n) is 9.81. The van der Waals surface area contributed by atoms with Crippen molar-refractivity contribution in [1.82, 2.24) is 9.29 Å². The Morgan fingerprint density at radius 2 is 1.79 bits per heavy atom. The minimum absolute atomic E-state index is 0.0898. The van der Waals surface area contributed by atoms with Gasteiger partial charge in [0.15, 0.2) is 0 Å². The van der Waals surface area contributed by atoms with E-state index >= 15 is 0 Å². The van der Waals surface area contributed by atoms with Crippen molar-refractivity contribution in [2.75, 3.05) is 43.1 Å². The fraction of sp³-hybridized carbons (Fsp3) is 0.409. The molecule has 0 unspecified atom stereocenters. The summed E-state index contributed by atoms with van der Waals surface area (Å²) in [4.78, 5) is 8.23. The van der Waals surface area contributed by atoms with Gasteiger partial charge in [-0.3, -0.25) is 0 Å². The van der Waals surface area contributed by atoms with Crippen molar-refractivity contribution in [1.29, 1.82) is 0 Å². The van der Waals surface area contributed by atoms with Crippen molar-refractivity contribution < 1.29 is 4.74 Å².